The molecule has 0 radical (unpaired) electrons. The number of nitrogens with one attached hydrogen (secondary N) is 1. The van der Waals surface area contributed by atoms with Gasteiger partial charge in [-0.1, -0.05) is 0 Å². The first kappa shape index (κ1) is 13.0. The molecule has 0 saturated carbocycles. The van der Waals surface area contributed by atoms with Crippen molar-refractivity contribution in [1.82, 2.24) is 5.32 Å². The highest BCUT2D eigenvalue weighted by Gasteiger charge is 2.09. The van der Waals surface area contributed by atoms with Crippen LogP contribution in [0, 0.1) is 0 Å². The Bertz CT molecular complexity index is 401. The van der Waals surface area contributed by atoms with Crippen molar-refractivity contribution >= 4 is 17.6 Å². The molecule has 1 aromatic carbocycles. The predicted molar refractivity (Wildman–Crippen MR) is 65.4 cm³/mol. The predicted octanol–water partition coefficient (Wildman–Crippen LogP) is 0.957. The van der Waals surface area contributed by atoms with E-state index in [1.54, 1.807) is 19.2 Å². The summed E-state index contributed by atoms with van der Waals surface area (Å²) in [6.07, 6.45) is 0. The smallest absolute Gasteiger partial charge is 0.335 e. The van der Waals surface area contributed by atoms with Gasteiger partial charge in [-0.15, -0.1) is 0 Å². The number of aromatic carboxylic acids is 1. The van der Waals surface area contributed by atoms with Crippen LogP contribution in [0.25, 0.3) is 0 Å². The summed E-state index contributed by atoms with van der Waals surface area (Å²) in [5, 5.41) is 11.3. The minimum Gasteiger partial charge on any atom is -0.478 e. The molecule has 5 heteroatoms. The number of carbonyl (C=O) groups is 2. The van der Waals surface area contributed by atoms with Crippen LogP contribution in [0.4, 0.5) is 5.69 Å². The lowest BCUT2D eigenvalue weighted by molar-refractivity contribution is -0.119. The van der Waals surface area contributed by atoms with E-state index in [0.717, 1.165) is 5.69 Å². The molecule has 5 nitrogen and oxygen atoms in total. The van der Waals surface area contributed by atoms with Crippen molar-refractivity contribution in [3.63, 3.8) is 0 Å². The zero-order chi connectivity index (χ0) is 12.8. The van der Waals surface area contributed by atoms with Gasteiger partial charge >= 0.3 is 5.97 Å². The maximum absolute atomic E-state index is 11.3. The van der Waals surface area contributed by atoms with Crippen molar-refractivity contribution in [2.24, 2.45) is 0 Å². The van der Waals surface area contributed by atoms with Crippen molar-refractivity contribution < 1.29 is 14.7 Å². The molecule has 1 amide bonds. The highest BCUT2D eigenvalue weighted by Crippen LogP contribution is 2.14. The number of carboxylic acids is 1. The third-order valence-electron chi connectivity index (χ3n) is 2.47. The van der Waals surface area contributed by atoms with E-state index in [4.69, 9.17) is 5.11 Å². The standard InChI is InChI=1S/C12H16N2O3/c1-3-14(8-11(15)13-2)10-6-4-9(5-7-10)12(16)17/h4-7H,3,8H2,1-2H3,(H,13,15)(H,16,17). The number of hydrogen-bond donors (Lipinski definition) is 2. The number of carboxylic acid groups (broad SMARTS) is 1. The number of benzene rings is 1. The molecular formula is C12H16N2O3. The molecule has 1 rings (SSSR count). The van der Waals surface area contributed by atoms with Crippen LogP contribution < -0.4 is 10.2 Å². The minimum absolute atomic E-state index is 0.0749. The summed E-state index contributed by atoms with van der Waals surface area (Å²) in [5.74, 6) is -1.03. The van der Waals surface area contributed by atoms with Crippen LogP contribution in [0.2, 0.25) is 0 Å². The largest absolute Gasteiger partial charge is 0.478 e. The van der Waals surface area contributed by atoms with Crippen LogP contribution in [0.5, 0.6) is 0 Å². The molecule has 0 bridgehead atoms. The summed E-state index contributed by atoms with van der Waals surface area (Å²) < 4.78 is 0. The Morgan fingerprint density at radius 1 is 1.29 bits per heavy atom. The van der Waals surface area contributed by atoms with E-state index in [9.17, 15) is 9.59 Å². The Hall–Kier alpha value is -2.04. The number of rotatable bonds is 5. The number of anilines is 1. The Morgan fingerprint density at radius 3 is 2.29 bits per heavy atom. The van der Waals surface area contributed by atoms with Crippen LogP contribution in [0.3, 0.4) is 0 Å². The summed E-state index contributed by atoms with van der Waals surface area (Å²) in [7, 11) is 1.59. The quantitative estimate of drug-likeness (QED) is 0.798. The Balaban J connectivity index is 2.82. The minimum atomic E-state index is -0.953. The highest BCUT2D eigenvalue weighted by atomic mass is 16.4. The molecule has 17 heavy (non-hydrogen) atoms. The molecule has 1 aromatic rings. The molecule has 0 aliphatic carbocycles. The number of likely N-dealkylation sites (N-methyl/N-ethyl adjacent to an activating group) is 2. The fraction of sp³-hybridized carbons (Fsp3) is 0.333. The van der Waals surface area contributed by atoms with Gasteiger partial charge in [-0.05, 0) is 31.2 Å². The molecule has 0 heterocycles. The van der Waals surface area contributed by atoms with Crippen LogP contribution in [0.15, 0.2) is 24.3 Å². The second-order valence-corrected chi connectivity index (χ2v) is 3.54. The van der Waals surface area contributed by atoms with Crippen molar-refractivity contribution in [1.29, 1.82) is 0 Å². The summed E-state index contributed by atoms with van der Waals surface area (Å²) in [6, 6.07) is 6.47. The van der Waals surface area contributed by atoms with Crippen LogP contribution in [-0.4, -0.2) is 37.1 Å². The van der Waals surface area contributed by atoms with Crippen LogP contribution >= 0.6 is 0 Å². The normalized spacial score (nSPS) is 9.76. The van der Waals surface area contributed by atoms with Crippen molar-refractivity contribution in [2.45, 2.75) is 6.92 Å². The third-order valence-corrected chi connectivity index (χ3v) is 2.47. The maximum atomic E-state index is 11.3. The number of carbonyl (C=O) groups excluding carboxylic acids is 1. The lowest BCUT2D eigenvalue weighted by atomic mass is 10.2. The van der Waals surface area contributed by atoms with E-state index in [0.29, 0.717) is 6.54 Å². The SMILES string of the molecule is CCN(CC(=O)NC)c1ccc(C(=O)O)cc1. The maximum Gasteiger partial charge on any atom is 0.335 e. The van der Waals surface area contributed by atoms with Crippen LogP contribution in [-0.2, 0) is 4.79 Å². The molecule has 0 atom stereocenters. The fourth-order valence-electron chi connectivity index (χ4n) is 1.45. The molecular weight excluding hydrogens is 220 g/mol. The lowest BCUT2D eigenvalue weighted by Crippen LogP contribution is -2.35. The number of nitrogens with zero attached hydrogens (tertiary/aromatic N) is 1. The van der Waals surface area contributed by atoms with Crippen molar-refractivity contribution in [2.75, 3.05) is 25.0 Å². The molecule has 92 valence electrons. The lowest BCUT2D eigenvalue weighted by Gasteiger charge is -2.22. The van der Waals surface area contributed by atoms with E-state index < -0.39 is 5.97 Å². The van der Waals surface area contributed by atoms with E-state index >= 15 is 0 Å². The monoisotopic (exact) mass is 236 g/mol. The molecule has 0 aliphatic rings. The first-order chi connectivity index (χ1) is 8.08. The van der Waals surface area contributed by atoms with Gasteiger partial charge in [0.05, 0.1) is 12.1 Å². The first-order valence-electron chi connectivity index (χ1n) is 5.37. The van der Waals surface area contributed by atoms with Crippen molar-refractivity contribution in [3.8, 4) is 0 Å². The van der Waals surface area contributed by atoms with E-state index in [1.165, 1.54) is 12.1 Å². The van der Waals surface area contributed by atoms with Gasteiger partial charge in [-0.25, -0.2) is 4.79 Å². The summed E-state index contributed by atoms with van der Waals surface area (Å²) >= 11 is 0. The Morgan fingerprint density at radius 2 is 1.88 bits per heavy atom. The van der Waals surface area contributed by atoms with Crippen molar-refractivity contribution in [3.05, 3.63) is 29.8 Å². The van der Waals surface area contributed by atoms with Gasteiger partial charge in [-0.3, -0.25) is 4.79 Å². The molecule has 0 aromatic heterocycles. The van der Waals surface area contributed by atoms with Gasteiger partial charge in [0.15, 0.2) is 0 Å². The topological polar surface area (TPSA) is 69.6 Å². The van der Waals surface area contributed by atoms with Crippen LogP contribution in [0.1, 0.15) is 17.3 Å². The van der Waals surface area contributed by atoms with E-state index in [2.05, 4.69) is 5.32 Å². The molecule has 2 N–H and O–H groups in total. The Kier molecular flexibility index (Phi) is 4.51. The summed E-state index contributed by atoms with van der Waals surface area (Å²) in [5.41, 5.74) is 1.07. The highest BCUT2D eigenvalue weighted by molar-refractivity contribution is 5.88. The fourth-order valence-corrected chi connectivity index (χ4v) is 1.45. The van der Waals surface area contributed by atoms with E-state index in [1.807, 2.05) is 11.8 Å². The summed E-state index contributed by atoms with van der Waals surface area (Å²) in [4.78, 5) is 23.8. The van der Waals surface area contributed by atoms with Gasteiger partial charge in [-0.2, -0.15) is 0 Å². The zero-order valence-corrected chi connectivity index (χ0v) is 9.93. The van der Waals surface area contributed by atoms with Gasteiger partial charge in [0.1, 0.15) is 0 Å². The second kappa shape index (κ2) is 5.89. The molecule has 0 aliphatic heterocycles. The number of amides is 1. The average molecular weight is 236 g/mol. The molecule has 0 saturated heterocycles. The second-order valence-electron chi connectivity index (χ2n) is 3.54. The first-order valence-corrected chi connectivity index (χ1v) is 5.37. The zero-order valence-electron chi connectivity index (χ0n) is 9.93. The van der Waals surface area contributed by atoms with Gasteiger partial charge in [0.2, 0.25) is 5.91 Å². The summed E-state index contributed by atoms with van der Waals surface area (Å²) in [6.45, 7) is 2.88. The third kappa shape index (κ3) is 3.48. The van der Waals surface area contributed by atoms with Gasteiger partial charge in [0.25, 0.3) is 0 Å². The van der Waals surface area contributed by atoms with Gasteiger partial charge in [0, 0.05) is 19.3 Å². The number of hydrogen-bond acceptors (Lipinski definition) is 3. The molecule has 0 fully saturated rings. The van der Waals surface area contributed by atoms with E-state index in [-0.39, 0.29) is 18.0 Å². The van der Waals surface area contributed by atoms with Gasteiger partial charge < -0.3 is 15.3 Å². The molecule has 0 spiro atoms. The molecule has 0 unspecified atom stereocenters. The average Bonchev–Trinajstić information content (AvgIpc) is 2.35. The Labute approximate surface area is 100 Å².